The van der Waals surface area contributed by atoms with E-state index in [-0.39, 0.29) is 12.1 Å². The van der Waals surface area contributed by atoms with E-state index in [1.54, 1.807) is 0 Å². The van der Waals surface area contributed by atoms with Crippen molar-refractivity contribution >= 4 is 43.2 Å². The Labute approximate surface area is 311 Å². The molecule has 6 heteroatoms. The first-order valence-corrected chi connectivity index (χ1v) is 18.1. The molecule has 8 rings (SSSR count). The fourth-order valence-electron chi connectivity index (χ4n) is 6.52. The third kappa shape index (κ3) is 7.42. The third-order valence-electron chi connectivity index (χ3n) is 8.83. The van der Waals surface area contributed by atoms with E-state index in [2.05, 4.69) is 164 Å². The number of hydrogen-bond donors (Lipinski definition) is 0. The molecule has 4 nitrogen and oxygen atoms in total. The Morgan fingerprint density at radius 2 is 0.780 bits per heavy atom. The summed E-state index contributed by atoms with van der Waals surface area (Å²) in [6.45, 7) is 10.0. The molecule has 0 saturated carbocycles. The second-order valence-corrected chi connectivity index (χ2v) is 14.0. The highest BCUT2D eigenvalue weighted by Crippen LogP contribution is 2.46. The van der Waals surface area contributed by atoms with Crippen LogP contribution in [0.1, 0.15) is 34.3 Å². The molecule has 0 saturated heterocycles. The average Bonchev–Trinajstić information content (AvgIpc) is 3.14. The van der Waals surface area contributed by atoms with Crippen molar-refractivity contribution in [2.45, 2.75) is 25.2 Å². The number of rotatable bonds is 6. The SMILES string of the molecule is C=C1Oc2ccccc2N(Cc2ccccc2)[C@H]1c1ccc(Br)cc1.C=C1Oc2ccccc2N(Cc2ccccc2)[C@H]1c1ccc(Br)cc1. The van der Waals surface area contributed by atoms with Crippen LogP contribution < -0.4 is 19.3 Å². The lowest BCUT2D eigenvalue weighted by molar-refractivity contribution is 0.355. The summed E-state index contributed by atoms with van der Waals surface area (Å²) >= 11 is 7.02. The molecule has 0 amide bonds. The summed E-state index contributed by atoms with van der Waals surface area (Å²) in [6.07, 6.45) is 0. The van der Waals surface area contributed by atoms with Gasteiger partial charge in [-0.05, 0) is 70.8 Å². The molecule has 0 N–H and O–H groups in total. The van der Waals surface area contributed by atoms with Crippen LogP contribution >= 0.6 is 31.9 Å². The van der Waals surface area contributed by atoms with Gasteiger partial charge >= 0.3 is 0 Å². The number of benzene rings is 6. The molecule has 50 heavy (non-hydrogen) atoms. The molecule has 2 aliphatic heterocycles. The first kappa shape index (κ1) is 33.5. The van der Waals surface area contributed by atoms with E-state index in [1.165, 1.54) is 22.3 Å². The van der Waals surface area contributed by atoms with Gasteiger partial charge < -0.3 is 19.3 Å². The van der Waals surface area contributed by atoms with Gasteiger partial charge in [0.25, 0.3) is 0 Å². The zero-order valence-corrected chi connectivity index (χ0v) is 30.6. The maximum Gasteiger partial charge on any atom is 0.150 e. The number of para-hydroxylation sites is 4. The minimum absolute atomic E-state index is 0.0248. The van der Waals surface area contributed by atoms with E-state index >= 15 is 0 Å². The Morgan fingerprint density at radius 3 is 1.16 bits per heavy atom. The van der Waals surface area contributed by atoms with Crippen LogP contribution in [0.2, 0.25) is 0 Å². The van der Waals surface area contributed by atoms with Gasteiger partial charge in [-0.15, -0.1) is 0 Å². The van der Waals surface area contributed by atoms with E-state index in [9.17, 15) is 0 Å². The molecule has 248 valence electrons. The fourth-order valence-corrected chi connectivity index (χ4v) is 7.05. The Bertz CT molecular complexity index is 1930. The number of anilines is 2. The number of hydrogen-bond acceptors (Lipinski definition) is 4. The monoisotopic (exact) mass is 782 g/mol. The number of fused-ring (bicyclic) bond motifs is 2. The van der Waals surface area contributed by atoms with Crippen molar-refractivity contribution in [2.75, 3.05) is 9.80 Å². The van der Waals surface area contributed by atoms with Gasteiger partial charge in [-0.2, -0.15) is 0 Å². The summed E-state index contributed by atoms with van der Waals surface area (Å²) in [7, 11) is 0. The number of halogens is 2. The van der Waals surface area contributed by atoms with Crippen molar-refractivity contribution in [1.29, 1.82) is 0 Å². The smallest absolute Gasteiger partial charge is 0.150 e. The summed E-state index contributed by atoms with van der Waals surface area (Å²) in [5.41, 5.74) is 7.03. The van der Waals surface area contributed by atoms with Gasteiger partial charge in [0.1, 0.15) is 35.1 Å². The van der Waals surface area contributed by atoms with Crippen molar-refractivity contribution in [3.8, 4) is 11.5 Å². The molecule has 2 heterocycles. The third-order valence-corrected chi connectivity index (χ3v) is 9.89. The number of nitrogens with zero attached hydrogens (tertiary/aromatic N) is 2. The minimum Gasteiger partial charge on any atom is -0.458 e. The summed E-state index contributed by atoms with van der Waals surface area (Å²) in [5, 5.41) is 0. The van der Waals surface area contributed by atoms with E-state index < -0.39 is 0 Å². The van der Waals surface area contributed by atoms with Gasteiger partial charge in [0.05, 0.1) is 11.4 Å². The summed E-state index contributed by atoms with van der Waals surface area (Å²) in [6, 6.07) is 54.0. The van der Waals surface area contributed by atoms with Gasteiger partial charge in [-0.3, -0.25) is 0 Å². The molecular formula is C44H36Br2N2O2. The molecule has 0 fully saturated rings. The maximum absolute atomic E-state index is 6.05. The average molecular weight is 785 g/mol. The molecule has 0 aliphatic carbocycles. The predicted molar refractivity (Wildman–Crippen MR) is 211 cm³/mol. The van der Waals surface area contributed by atoms with E-state index in [0.717, 1.165) is 56.4 Å². The molecule has 6 aromatic carbocycles. The van der Waals surface area contributed by atoms with Crippen molar-refractivity contribution in [2.24, 2.45) is 0 Å². The first-order chi connectivity index (χ1) is 24.4. The Balaban J connectivity index is 0.000000157. The quantitative estimate of drug-likeness (QED) is 0.168. The van der Waals surface area contributed by atoms with Crippen LogP contribution in [0.5, 0.6) is 11.5 Å². The van der Waals surface area contributed by atoms with Crippen LogP contribution in [0.25, 0.3) is 0 Å². The van der Waals surface area contributed by atoms with Gasteiger partial charge in [0.15, 0.2) is 0 Å². The molecule has 2 aliphatic rings. The highest BCUT2D eigenvalue weighted by Gasteiger charge is 2.33. The lowest BCUT2D eigenvalue weighted by Gasteiger charge is -2.40. The van der Waals surface area contributed by atoms with Gasteiger partial charge in [0.2, 0.25) is 0 Å². The lowest BCUT2D eigenvalue weighted by atomic mass is 10.00. The molecule has 0 spiro atoms. The van der Waals surface area contributed by atoms with Gasteiger partial charge in [-0.1, -0.05) is 154 Å². The van der Waals surface area contributed by atoms with Crippen LogP contribution in [0.15, 0.2) is 191 Å². The molecule has 2 atom stereocenters. The van der Waals surface area contributed by atoms with Crippen molar-refractivity contribution < 1.29 is 9.47 Å². The fraction of sp³-hybridized carbons (Fsp3) is 0.0909. The zero-order valence-electron chi connectivity index (χ0n) is 27.5. The lowest BCUT2D eigenvalue weighted by Crippen LogP contribution is -2.34. The largest absolute Gasteiger partial charge is 0.458 e. The van der Waals surface area contributed by atoms with Gasteiger partial charge in [-0.25, -0.2) is 0 Å². The second-order valence-electron chi connectivity index (χ2n) is 12.2. The van der Waals surface area contributed by atoms with E-state index in [1.807, 2.05) is 48.5 Å². The van der Waals surface area contributed by atoms with Crippen LogP contribution in [-0.4, -0.2) is 0 Å². The molecular weight excluding hydrogens is 748 g/mol. The van der Waals surface area contributed by atoms with Crippen molar-refractivity contribution in [3.05, 3.63) is 214 Å². The molecule has 0 unspecified atom stereocenters. The minimum atomic E-state index is -0.0248. The van der Waals surface area contributed by atoms with Crippen LogP contribution in [0.4, 0.5) is 11.4 Å². The van der Waals surface area contributed by atoms with Crippen molar-refractivity contribution in [3.63, 3.8) is 0 Å². The molecule has 0 radical (unpaired) electrons. The summed E-state index contributed by atoms with van der Waals surface area (Å²) in [5.74, 6) is 3.21. The molecule has 6 aromatic rings. The van der Waals surface area contributed by atoms with E-state index in [4.69, 9.17) is 9.47 Å². The van der Waals surface area contributed by atoms with Gasteiger partial charge in [0, 0.05) is 22.0 Å². The highest BCUT2D eigenvalue weighted by molar-refractivity contribution is 9.10. The highest BCUT2D eigenvalue weighted by atomic mass is 79.9. The molecule has 0 bridgehead atoms. The molecule has 0 aromatic heterocycles. The standard InChI is InChI=1S/2C22H18BrNO/c2*1-16-22(18-11-13-19(23)14-12-18)24(15-17-7-3-2-4-8-17)20-9-5-6-10-21(20)25-16/h2*2-14,22H,1,15H2/t2*22-/m11/s1. The number of ether oxygens (including phenoxy) is 2. The summed E-state index contributed by atoms with van der Waals surface area (Å²) in [4.78, 5) is 4.72. The normalized spacial score (nSPS) is 16.3. The Morgan fingerprint density at radius 1 is 0.440 bits per heavy atom. The summed E-state index contributed by atoms with van der Waals surface area (Å²) < 4.78 is 14.2. The maximum atomic E-state index is 6.05. The Kier molecular flexibility index (Phi) is 10.2. The zero-order chi connectivity index (χ0) is 34.5. The van der Waals surface area contributed by atoms with Crippen LogP contribution in [0, 0.1) is 0 Å². The van der Waals surface area contributed by atoms with Crippen LogP contribution in [0.3, 0.4) is 0 Å². The van der Waals surface area contributed by atoms with E-state index in [0.29, 0.717) is 0 Å². The topological polar surface area (TPSA) is 24.9 Å². The Hall–Kier alpha value is -5.04. The van der Waals surface area contributed by atoms with Crippen LogP contribution in [-0.2, 0) is 13.1 Å². The first-order valence-electron chi connectivity index (χ1n) is 16.5. The van der Waals surface area contributed by atoms with Crippen molar-refractivity contribution in [1.82, 2.24) is 0 Å². The predicted octanol–water partition coefficient (Wildman–Crippen LogP) is 12.2. The second kappa shape index (κ2) is 15.2.